The molecule has 1 unspecified atom stereocenters. The minimum absolute atomic E-state index is 0.919. The van der Waals surface area contributed by atoms with Gasteiger partial charge >= 0.3 is 0 Å². The predicted octanol–water partition coefficient (Wildman–Crippen LogP) is 3.08. The van der Waals surface area contributed by atoms with Crippen molar-refractivity contribution in [2.45, 2.75) is 40.0 Å². The van der Waals surface area contributed by atoms with Crippen LogP contribution < -0.4 is 0 Å². The highest BCUT2D eigenvalue weighted by molar-refractivity contribution is 4.75. The molecule has 0 aromatic carbocycles. The van der Waals surface area contributed by atoms with Crippen LogP contribution in [-0.4, -0.2) is 0 Å². The molecule has 9 heavy (non-hydrogen) atoms. The molecule has 0 heteroatoms. The first kappa shape index (κ1) is 7.11. The molecule has 0 heterocycles. The Bertz CT molecular complexity index is 84.0. The van der Waals surface area contributed by atoms with Crippen molar-refractivity contribution < 1.29 is 0 Å². The summed E-state index contributed by atoms with van der Waals surface area (Å²) >= 11 is 0. The van der Waals surface area contributed by atoms with Crippen molar-refractivity contribution in [3.05, 3.63) is 0 Å². The maximum atomic E-state index is 2.40. The summed E-state index contributed by atoms with van der Waals surface area (Å²) in [6.07, 6.45) is 4.44. The van der Waals surface area contributed by atoms with E-state index in [4.69, 9.17) is 0 Å². The van der Waals surface area contributed by atoms with Crippen molar-refractivity contribution in [3.63, 3.8) is 0 Å². The molecule has 2 atom stereocenters. The fourth-order valence-electron chi connectivity index (χ4n) is 2.16. The molecule has 1 aliphatic rings. The third-order valence-electron chi connectivity index (χ3n) is 2.78. The van der Waals surface area contributed by atoms with Crippen molar-refractivity contribution in [3.8, 4) is 0 Å². The molecular formula is C9H18. The van der Waals surface area contributed by atoms with Gasteiger partial charge in [-0.25, -0.2) is 0 Å². The van der Waals surface area contributed by atoms with Crippen LogP contribution in [0.4, 0.5) is 0 Å². The molecule has 1 rings (SSSR count). The van der Waals surface area contributed by atoms with Crippen LogP contribution in [0.25, 0.3) is 0 Å². The minimum atomic E-state index is 0.919. The zero-order valence-corrected chi connectivity index (χ0v) is 6.85. The van der Waals surface area contributed by atoms with Gasteiger partial charge in [-0.3, -0.25) is 0 Å². The van der Waals surface area contributed by atoms with Gasteiger partial charge in [0.15, 0.2) is 0 Å². The quantitative estimate of drug-likeness (QED) is 0.506. The Labute approximate surface area is 58.7 Å². The molecule has 0 amide bonds. The first-order valence-electron chi connectivity index (χ1n) is 4.22. The van der Waals surface area contributed by atoms with Crippen LogP contribution in [-0.2, 0) is 0 Å². The van der Waals surface area contributed by atoms with Gasteiger partial charge < -0.3 is 0 Å². The summed E-state index contributed by atoms with van der Waals surface area (Å²) in [5, 5.41) is 0. The normalized spacial score (nSPS) is 36.0. The summed E-state index contributed by atoms with van der Waals surface area (Å²) in [5.74, 6) is 2.96. The summed E-state index contributed by atoms with van der Waals surface area (Å²) < 4.78 is 0. The lowest BCUT2D eigenvalue weighted by Gasteiger charge is -2.18. The van der Waals surface area contributed by atoms with Crippen molar-refractivity contribution in [1.82, 2.24) is 0 Å². The number of hydrogen-bond acceptors (Lipinski definition) is 0. The average Bonchev–Trinajstić information content (AvgIpc) is 2.13. The molecule has 0 N–H and O–H groups in total. The Hall–Kier alpha value is 0. The molecule has 0 aromatic heterocycles. The van der Waals surface area contributed by atoms with Crippen LogP contribution in [0.2, 0.25) is 0 Å². The van der Waals surface area contributed by atoms with Gasteiger partial charge in [0, 0.05) is 0 Å². The van der Waals surface area contributed by atoms with Crippen LogP contribution in [0.5, 0.6) is 0 Å². The monoisotopic (exact) mass is 126 g/mol. The zero-order chi connectivity index (χ0) is 6.85. The topological polar surface area (TPSA) is 0 Å². The Morgan fingerprint density at radius 3 is 2.11 bits per heavy atom. The molecule has 1 saturated carbocycles. The SMILES string of the molecule is CC(C)[C@@H]1CCCC1C. The van der Waals surface area contributed by atoms with Crippen LogP contribution >= 0.6 is 0 Å². The fourth-order valence-corrected chi connectivity index (χ4v) is 2.16. The molecule has 0 aliphatic heterocycles. The molecule has 0 bridgehead atoms. The van der Waals surface area contributed by atoms with E-state index in [1.807, 2.05) is 0 Å². The van der Waals surface area contributed by atoms with Crippen molar-refractivity contribution >= 4 is 0 Å². The third-order valence-corrected chi connectivity index (χ3v) is 2.78. The fraction of sp³-hybridized carbons (Fsp3) is 1.00. The van der Waals surface area contributed by atoms with Gasteiger partial charge in [-0.05, 0) is 24.2 Å². The lowest BCUT2D eigenvalue weighted by molar-refractivity contribution is 0.314. The van der Waals surface area contributed by atoms with E-state index in [1.54, 1.807) is 0 Å². The largest absolute Gasteiger partial charge is 0.0625 e. The van der Waals surface area contributed by atoms with Gasteiger partial charge in [0.1, 0.15) is 0 Å². The second-order valence-corrected chi connectivity index (χ2v) is 3.82. The second kappa shape index (κ2) is 2.72. The molecule has 1 fully saturated rings. The third kappa shape index (κ3) is 1.47. The van der Waals surface area contributed by atoms with Gasteiger partial charge in [0.25, 0.3) is 0 Å². The maximum absolute atomic E-state index is 2.40. The average molecular weight is 126 g/mol. The van der Waals surface area contributed by atoms with Gasteiger partial charge in [-0.15, -0.1) is 0 Å². The molecule has 0 spiro atoms. The predicted molar refractivity (Wildman–Crippen MR) is 41.3 cm³/mol. The molecular weight excluding hydrogens is 108 g/mol. The highest BCUT2D eigenvalue weighted by Gasteiger charge is 2.25. The summed E-state index contributed by atoms with van der Waals surface area (Å²) in [7, 11) is 0. The summed E-state index contributed by atoms with van der Waals surface area (Å²) in [6, 6.07) is 0. The highest BCUT2D eigenvalue weighted by Crippen LogP contribution is 2.35. The van der Waals surface area contributed by atoms with E-state index >= 15 is 0 Å². The number of hydrogen-bond donors (Lipinski definition) is 0. The Morgan fingerprint density at radius 1 is 1.22 bits per heavy atom. The van der Waals surface area contributed by atoms with E-state index < -0.39 is 0 Å². The first-order valence-corrected chi connectivity index (χ1v) is 4.22. The highest BCUT2D eigenvalue weighted by atomic mass is 14.3. The van der Waals surface area contributed by atoms with Gasteiger partial charge in [-0.2, -0.15) is 0 Å². The van der Waals surface area contributed by atoms with Crippen LogP contribution in [0.1, 0.15) is 40.0 Å². The molecule has 0 aromatic rings. The molecule has 54 valence electrons. The maximum Gasteiger partial charge on any atom is -0.0365 e. The Morgan fingerprint density at radius 2 is 1.89 bits per heavy atom. The van der Waals surface area contributed by atoms with E-state index in [9.17, 15) is 0 Å². The van der Waals surface area contributed by atoms with Crippen molar-refractivity contribution in [2.24, 2.45) is 17.8 Å². The smallest absolute Gasteiger partial charge is 0.0365 e. The molecule has 0 radical (unpaired) electrons. The van der Waals surface area contributed by atoms with Crippen molar-refractivity contribution in [1.29, 1.82) is 0 Å². The van der Waals surface area contributed by atoms with Crippen molar-refractivity contribution in [2.75, 3.05) is 0 Å². The minimum Gasteiger partial charge on any atom is -0.0625 e. The molecule has 1 aliphatic carbocycles. The van der Waals surface area contributed by atoms with Crippen LogP contribution in [0.3, 0.4) is 0 Å². The van der Waals surface area contributed by atoms with Gasteiger partial charge in [0.05, 0.1) is 0 Å². The standard InChI is InChI=1S/C9H18/c1-7(2)9-6-4-5-8(9)3/h7-9H,4-6H2,1-3H3/t8?,9-/m0/s1. The zero-order valence-electron chi connectivity index (χ0n) is 6.85. The second-order valence-electron chi connectivity index (χ2n) is 3.82. The van der Waals surface area contributed by atoms with Gasteiger partial charge in [0.2, 0.25) is 0 Å². The lowest BCUT2D eigenvalue weighted by atomic mass is 9.87. The lowest BCUT2D eigenvalue weighted by Crippen LogP contribution is -2.10. The summed E-state index contributed by atoms with van der Waals surface area (Å²) in [4.78, 5) is 0. The Balaban J connectivity index is 2.40. The van der Waals surface area contributed by atoms with Crippen LogP contribution in [0, 0.1) is 17.8 Å². The first-order chi connectivity index (χ1) is 4.22. The van der Waals surface area contributed by atoms with E-state index in [0.717, 1.165) is 17.8 Å². The molecule has 0 saturated heterocycles. The number of rotatable bonds is 1. The van der Waals surface area contributed by atoms with E-state index in [2.05, 4.69) is 20.8 Å². The van der Waals surface area contributed by atoms with Crippen LogP contribution in [0.15, 0.2) is 0 Å². The summed E-state index contributed by atoms with van der Waals surface area (Å²) in [5.41, 5.74) is 0. The molecule has 0 nitrogen and oxygen atoms in total. The Kier molecular flexibility index (Phi) is 2.15. The van der Waals surface area contributed by atoms with Gasteiger partial charge in [-0.1, -0.05) is 33.6 Å². The van der Waals surface area contributed by atoms with E-state index in [1.165, 1.54) is 19.3 Å². The van der Waals surface area contributed by atoms with E-state index in [0.29, 0.717) is 0 Å². The van der Waals surface area contributed by atoms with E-state index in [-0.39, 0.29) is 0 Å². The summed E-state index contributed by atoms with van der Waals surface area (Å²) in [6.45, 7) is 7.11.